The summed E-state index contributed by atoms with van der Waals surface area (Å²) in [5.41, 5.74) is 0.608. The van der Waals surface area contributed by atoms with Crippen LogP contribution in [0.1, 0.15) is 37.9 Å². The van der Waals surface area contributed by atoms with Crippen LogP contribution < -0.4 is 5.32 Å². The van der Waals surface area contributed by atoms with E-state index in [0.717, 1.165) is 10.0 Å². The number of nitrogens with one attached hydrogen (secondary N) is 1. The van der Waals surface area contributed by atoms with Gasteiger partial charge in [-0.2, -0.15) is 0 Å². The van der Waals surface area contributed by atoms with Crippen molar-refractivity contribution in [2.45, 2.75) is 39.3 Å². The quantitative estimate of drug-likeness (QED) is 0.881. The number of aryl methyl sites for hydroxylation is 1. The standard InChI is InChI=1S/C14H18BrNO4/c1-8-7-9(15)5-6-10(8)11(12(17)18)16-13(19)20-14(2,3)4/h5-7,11H,1-4H3,(H,16,19)(H,17,18). The maximum Gasteiger partial charge on any atom is 0.408 e. The van der Waals surface area contributed by atoms with Crippen molar-refractivity contribution in [3.63, 3.8) is 0 Å². The largest absolute Gasteiger partial charge is 0.479 e. The smallest absolute Gasteiger partial charge is 0.408 e. The molecule has 110 valence electrons. The van der Waals surface area contributed by atoms with Crippen LogP contribution in [0.2, 0.25) is 0 Å². The van der Waals surface area contributed by atoms with Crippen molar-refractivity contribution < 1.29 is 19.4 Å². The van der Waals surface area contributed by atoms with Gasteiger partial charge in [0.2, 0.25) is 0 Å². The Bertz CT molecular complexity index is 522. The highest BCUT2D eigenvalue weighted by atomic mass is 79.9. The van der Waals surface area contributed by atoms with Crippen LogP contribution in [0, 0.1) is 6.92 Å². The van der Waals surface area contributed by atoms with Gasteiger partial charge in [0, 0.05) is 4.47 Å². The van der Waals surface area contributed by atoms with Crippen molar-refractivity contribution in [2.24, 2.45) is 0 Å². The molecule has 1 aromatic carbocycles. The molecule has 1 unspecified atom stereocenters. The van der Waals surface area contributed by atoms with Crippen LogP contribution >= 0.6 is 15.9 Å². The molecule has 2 N–H and O–H groups in total. The van der Waals surface area contributed by atoms with E-state index in [1.54, 1.807) is 45.9 Å². The second kappa shape index (κ2) is 6.26. The molecule has 1 rings (SSSR count). The first kappa shape index (κ1) is 16.5. The van der Waals surface area contributed by atoms with E-state index >= 15 is 0 Å². The highest BCUT2D eigenvalue weighted by Gasteiger charge is 2.26. The summed E-state index contributed by atoms with van der Waals surface area (Å²) in [6, 6.07) is 4.05. The van der Waals surface area contributed by atoms with Crippen LogP contribution in [-0.4, -0.2) is 22.8 Å². The number of rotatable bonds is 3. The number of aliphatic carboxylic acids is 1. The number of hydrogen-bond donors (Lipinski definition) is 2. The summed E-state index contributed by atoms with van der Waals surface area (Å²) in [7, 11) is 0. The van der Waals surface area contributed by atoms with E-state index < -0.39 is 23.7 Å². The number of carbonyl (C=O) groups is 2. The summed E-state index contributed by atoms with van der Waals surface area (Å²) in [4.78, 5) is 23.1. The van der Waals surface area contributed by atoms with Gasteiger partial charge in [-0.3, -0.25) is 0 Å². The molecule has 0 saturated carbocycles. The van der Waals surface area contributed by atoms with Gasteiger partial charge in [0.25, 0.3) is 0 Å². The molecular formula is C14H18BrNO4. The molecule has 5 nitrogen and oxygen atoms in total. The van der Waals surface area contributed by atoms with E-state index in [4.69, 9.17) is 4.74 Å². The van der Waals surface area contributed by atoms with Crippen LogP contribution in [0.4, 0.5) is 4.79 Å². The lowest BCUT2D eigenvalue weighted by Crippen LogP contribution is -2.38. The highest BCUT2D eigenvalue weighted by Crippen LogP contribution is 2.22. The SMILES string of the molecule is Cc1cc(Br)ccc1C(NC(=O)OC(C)(C)C)C(=O)O. The number of carboxylic acids is 1. The number of carbonyl (C=O) groups excluding carboxylic acids is 1. The van der Waals surface area contributed by atoms with E-state index in [1.807, 2.05) is 0 Å². The van der Waals surface area contributed by atoms with E-state index in [1.165, 1.54) is 0 Å². The second-order valence-electron chi connectivity index (χ2n) is 5.42. The van der Waals surface area contributed by atoms with Crippen LogP contribution in [-0.2, 0) is 9.53 Å². The zero-order valence-corrected chi connectivity index (χ0v) is 13.4. The van der Waals surface area contributed by atoms with Crippen molar-refractivity contribution in [1.29, 1.82) is 0 Å². The molecule has 0 bridgehead atoms. The summed E-state index contributed by atoms with van der Waals surface area (Å²) in [6.07, 6.45) is -0.757. The van der Waals surface area contributed by atoms with Gasteiger partial charge in [-0.1, -0.05) is 22.0 Å². The monoisotopic (exact) mass is 343 g/mol. The topological polar surface area (TPSA) is 75.6 Å². The Labute approximate surface area is 126 Å². The predicted octanol–water partition coefficient (Wildman–Crippen LogP) is 3.41. The second-order valence-corrected chi connectivity index (χ2v) is 6.33. The van der Waals surface area contributed by atoms with Gasteiger partial charge in [-0.05, 0) is 51.0 Å². The Kier molecular flexibility index (Phi) is 5.16. The zero-order valence-electron chi connectivity index (χ0n) is 11.9. The number of carboxylic acid groups (broad SMARTS) is 1. The first-order valence-corrected chi connectivity index (χ1v) is 6.88. The molecular weight excluding hydrogens is 326 g/mol. The Hall–Kier alpha value is -1.56. The molecule has 0 radical (unpaired) electrons. The summed E-state index contributed by atoms with van der Waals surface area (Å²) in [6.45, 7) is 6.93. The van der Waals surface area contributed by atoms with Gasteiger partial charge < -0.3 is 15.2 Å². The molecule has 0 fully saturated rings. The lowest BCUT2D eigenvalue weighted by atomic mass is 10.0. The van der Waals surface area contributed by atoms with Gasteiger partial charge in [-0.15, -0.1) is 0 Å². The fourth-order valence-electron chi connectivity index (χ4n) is 1.66. The predicted molar refractivity (Wildman–Crippen MR) is 78.6 cm³/mol. The molecule has 1 atom stereocenters. The minimum absolute atomic E-state index is 0.520. The normalized spacial score (nSPS) is 12.7. The molecule has 0 heterocycles. The van der Waals surface area contributed by atoms with Crippen molar-refractivity contribution in [3.05, 3.63) is 33.8 Å². The van der Waals surface area contributed by atoms with Gasteiger partial charge >= 0.3 is 12.1 Å². The first-order valence-electron chi connectivity index (χ1n) is 6.08. The van der Waals surface area contributed by atoms with Crippen molar-refractivity contribution in [1.82, 2.24) is 5.32 Å². The molecule has 6 heteroatoms. The third-order valence-corrected chi connectivity index (χ3v) is 2.94. The van der Waals surface area contributed by atoms with E-state index in [9.17, 15) is 14.7 Å². The van der Waals surface area contributed by atoms with E-state index in [-0.39, 0.29) is 0 Å². The van der Waals surface area contributed by atoms with E-state index in [0.29, 0.717) is 5.56 Å². The number of ether oxygens (including phenoxy) is 1. The lowest BCUT2D eigenvalue weighted by molar-refractivity contribution is -0.139. The summed E-state index contributed by atoms with van der Waals surface area (Å²) in [5.74, 6) is -1.14. The lowest BCUT2D eigenvalue weighted by Gasteiger charge is -2.22. The minimum Gasteiger partial charge on any atom is -0.479 e. The molecule has 20 heavy (non-hydrogen) atoms. The molecule has 0 aliphatic rings. The number of hydrogen-bond acceptors (Lipinski definition) is 3. The van der Waals surface area contributed by atoms with Crippen LogP contribution in [0.15, 0.2) is 22.7 Å². The molecule has 1 amide bonds. The first-order chi connectivity index (χ1) is 9.10. The van der Waals surface area contributed by atoms with E-state index in [2.05, 4.69) is 21.2 Å². The molecule has 0 saturated heterocycles. The minimum atomic E-state index is -1.14. The van der Waals surface area contributed by atoms with Crippen LogP contribution in [0.5, 0.6) is 0 Å². The Morgan fingerprint density at radius 3 is 2.40 bits per heavy atom. The number of amides is 1. The Balaban J connectivity index is 2.96. The molecule has 0 aromatic heterocycles. The van der Waals surface area contributed by atoms with Crippen molar-refractivity contribution in [3.8, 4) is 0 Å². The molecule has 1 aromatic rings. The average Bonchev–Trinajstić information content (AvgIpc) is 2.23. The molecule has 0 aliphatic heterocycles. The van der Waals surface area contributed by atoms with Gasteiger partial charge in [0.05, 0.1) is 0 Å². The van der Waals surface area contributed by atoms with Crippen molar-refractivity contribution >= 4 is 28.0 Å². The van der Waals surface area contributed by atoms with Gasteiger partial charge in [0.1, 0.15) is 5.60 Å². The van der Waals surface area contributed by atoms with Crippen LogP contribution in [0.3, 0.4) is 0 Å². The summed E-state index contributed by atoms with van der Waals surface area (Å²) < 4.78 is 5.93. The zero-order chi connectivity index (χ0) is 15.5. The van der Waals surface area contributed by atoms with Gasteiger partial charge in [0.15, 0.2) is 6.04 Å². The summed E-state index contributed by atoms with van der Waals surface area (Å²) >= 11 is 3.31. The maximum atomic E-state index is 11.7. The fourth-order valence-corrected chi connectivity index (χ4v) is 2.14. The summed E-state index contributed by atoms with van der Waals surface area (Å²) in [5, 5.41) is 11.7. The third-order valence-electron chi connectivity index (χ3n) is 2.45. The fraction of sp³-hybridized carbons (Fsp3) is 0.429. The highest BCUT2D eigenvalue weighted by molar-refractivity contribution is 9.10. The number of benzene rings is 1. The third kappa shape index (κ3) is 4.85. The number of halogens is 1. The van der Waals surface area contributed by atoms with Crippen molar-refractivity contribution in [2.75, 3.05) is 0 Å². The number of alkyl carbamates (subject to hydrolysis) is 1. The Morgan fingerprint density at radius 2 is 1.95 bits per heavy atom. The molecule has 0 spiro atoms. The maximum absolute atomic E-state index is 11.7. The average molecular weight is 344 g/mol. The molecule has 0 aliphatic carbocycles. The Morgan fingerprint density at radius 1 is 1.35 bits per heavy atom. The van der Waals surface area contributed by atoms with Gasteiger partial charge in [-0.25, -0.2) is 9.59 Å². The van der Waals surface area contributed by atoms with Crippen LogP contribution in [0.25, 0.3) is 0 Å².